The number of nitrogens with one attached hydrogen (secondary N) is 1. The molecule has 0 bridgehead atoms. The van der Waals surface area contributed by atoms with Crippen LogP contribution in [0.2, 0.25) is 0 Å². The SMILES string of the molecule is CCN(CC(=O)Nc1cc(C(C)(C)C)nn1-c1ccc(F)cc1)C(=O)c1ccc(C)cc1. The minimum atomic E-state index is -0.351. The average molecular weight is 437 g/mol. The molecule has 3 aromatic rings. The van der Waals surface area contributed by atoms with Crippen molar-refractivity contribution in [3.8, 4) is 5.69 Å². The number of carbonyl (C=O) groups excluding carboxylic acids is 2. The molecule has 0 unspecified atom stereocenters. The zero-order chi connectivity index (χ0) is 23.5. The maximum atomic E-state index is 13.4. The Morgan fingerprint density at radius 1 is 1.06 bits per heavy atom. The molecule has 0 saturated carbocycles. The number of amides is 2. The number of halogens is 1. The number of carbonyl (C=O) groups is 2. The van der Waals surface area contributed by atoms with E-state index in [2.05, 4.69) is 10.4 Å². The monoisotopic (exact) mass is 436 g/mol. The lowest BCUT2D eigenvalue weighted by molar-refractivity contribution is -0.116. The highest BCUT2D eigenvalue weighted by Crippen LogP contribution is 2.26. The first-order valence-electron chi connectivity index (χ1n) is 10.6. The molecule has 2 aromatic carbocycles. The van der Waals surface area contributed by atoms with Crippen molar-refractivity contribution in [2.75, 3.05) is 18.4 Å². The standard InChI is InChI=1S/C25H29FN4O2/c1-6-29(24(32)18-9-7-17(2)8-10-18)16-23(31)27-22-15-21(25(3,4)5)28-30(22)20-13-11-19(26)12-14-20/h7-15H,6,16H2,1-5H3,(H,27,31). The predicted octanol–water partition coefficient (Wildman–Crippen LogP) is 4.72. The van der Waals surface area contributed by atoms with Crippen LogP contribution in [-0.2, 0) is 10.2 Å². The quantitative estimate of drug-likeness (QED) is 0.608. The van der Waals surface area contributed by atoms with Gasteiger partial charge in [-0.25, -0.2) is 9.07 Å². The molecule has 168 valence electrons. The van der Waals surface area contributed by atoms with Crippen molar-refractivity contribution < 1.29 is 14.0 Å². The molecule has 2 amide bonds. The van der Waals surface area contributed by atoms with Crippen LogP contribution in [0.3, 0.4) is 0 Å². The van der Waals surface area contributed by atoms with Gasteiger partial charge < -0.3 is 10.2 Å². The van der Waals surface area contributed by atoms with Crippen molar-refractivity contribution in [2.24, 2.45) is 0 Å². The third-order valence-electron chi connectivity index (χ3n) is 5.12. The molecule has 3 rings (SSSR count). The van der Waals surface area contributed by atoms with E-state index in [1.807, 2.05) is 46.8 Å². The van der Waals surface area contributed by atoms with Crippen molar-refractivity contribution in [2.45, 2.75) is 40.0 Å². The van der Waals surface area contributed by atoms with Crippen LogP contribution in [0.15, 0.2) is 54.6 Å². The third kappa shape index (κ3) is 5.41. The number of nitrogens with zero attached hydrogens (tertiary/aromatic N) is 3. The first-order chi connectivity index (χ1) is 15.1. The summed E-state index contributed by atoms with van der Waals surface area (Å²) in [5.74, 6) is -0.429. The molecule has 32 heavy (non-hydrogen) atoms. The minimum Gasteiger partial charge on any atom is -0.330 e. The van der Waals surface area contributed by atoms with Crippen LogP contribution < -0.4 is 5.32 Å². The Hall–Kier alpha value is -3.48. The molecule has 1 heterocycles. The Morgan fingerprint density at radius 3 is 2.25 bits per heavy atom. The van der Waals surface area contributed by atoms with E-state index >= 15 is 0 Å². The van der Waals surface area contributed by atoms with Gasteiger partial charge in [0.2, 0.25) is 5.91 Å². The van der Waals surface area contributed by atoms with Gasteiger partial charge in [0.25, 0.3) is 5.91 Å². The number of anilines is 1. The second kappa shape index (κ2) is 9.34. The largest absolute Gasteiger partial charge is 0.330 e. The van der Waals surface area contributed by atoms with Gasteiger partial charge in [0.15, 0.2) is 0 Å². The van der Waals surface area contributed by atoms with Gasteiger partial charge in [-0.1, -0.05) is 38.5 Å². The van der Waals surface area contributed by atoms with Crippen molar-refractivity contribution in [1.29, 1.82) is 0 Å². The molecule has 6 nitrogen and oxygen atoms in total. The van der Waals surface area contributed by atoms with Crippen LogP contribution in [-0.4, -0.2) is 39.6 Å². The number of aromatic nitrogens is 2. The van der Waals surface area contributed by atoms with Gasteiger partial charge in [0.1, 0.15) is 18.2 Å². The van der Waals surface area contributed by atoms with E-state index < -0.39 is 0 Å². The highest BCUT2D eigenvalue weighted by Gasteiger charge is 2.23. The van der Waals surface area contributed by atoms with E-state index in [-0.39, 0.29) is 29.6 Å². The lowest BCUT2D eigenvalue weighted by Gasteiger charge is -2.20. The summed E-state index contributed by atoms with van der Waals surface area (Å²) in [5, 5.41) is 7.49. The molecule has 1 aromatic heterocycles. The van der Waals surface area contributed by atoms with Crippen LogP contribution in [0.25, 0.3) is 5.69 Å². The molecular formula is C25H29FN4O2. The summed E-state index contributed by atoms with van der Waals surface area (Å²) < 4.78 is 15.0. The van der Waals surface area contributed by atoms with Crippen molar-refractivity contribution in [1.82, 2.24) is 14.7 Å². The number of hydrogen-bond acceptors (Lipinski definition) is 3. The number of rotatable bonds is 6. The molecule has 7 heteroatoms. The summed E-state index contributed by atoms with van der Waals surface area (Å²) in [6.07, 6.45) is 0. The zero-order valence-electron chi connectivity index (χ0n) is 19.1. The Bertz CT molecular complexity index is 1100. The fourth-order valence-electron chi connectivity index (χ4n) is 3.18. The highest BCUT2D eigenvalue weighted by atomic mass is 19.1. The van der Waals surface area contributed by atoms with Crippen LogP contribution >= 0.6 is 0 Å². The van der Waals surface area contributed by atoms with Crippen molar-refractivity contribution >= 4 is 17.6 Å². The fraction of sp³-hybridized carbons (Fsp3) is 0.320. The summed E-state index contributed by atoms with van der Waals surface area (Å²) >= 11 is 0. The molecule has 0 saturated heterocycles. The molecule has 0 fully saturated rings. The first kappa shape index (κ1) is 23.2. The van der Waals surface area contributed by atoms with Gasteiger partial charge in [-0.3, -0.25) is 9.59 Å². The second-order valence-electron chi connectivity index (χ2n) is 8.79. The van der Waals surface area contributed by atoms with E-state index in [0.717, 1.165) is 11.3 Å². The smallest absolute Gasteiger partial charge is 0.254 e. The second-order valence-corrected chi connectivity index (χ2v) is 8.79. The number of benzene rings is 2. The van der Waals surface area contributed by atoms with Crippen LogP contribution in [0.4, 0.5) is 10.2 Å². The van der Waals surface area contributed by atoms with E-state index in [4.69, 9.17) is 0 Å². The van der Waals surface area contributed by atoms with Gasteiger partial charge in [-0.15, -0.1) is 0 Å². The lowest BCUT2D eigenvalue weighted by atomic mass is 9.92. The van der Waals surface area contributed by atoms with E-state index in [9.17, 15) is 14.0 Å². The highest BCUT2D eigenvalue weighted by molar-refractivity contribution is 5.99. The number of aryl methyl sites for hydroxylation is 1. The Labute approximate surface area is 188 Å². The first-order valence-corrected chi connectivity index (χ1v) is 10.6. The normalized spacial score (nSPS) is 11.3. The number of hydrogen-bond donors (Lipinski definition) is 1. The summed E-state index contributed by atoms with van der Waals surface area (Å²) in [4.78, 5) is 27.2. The van der Waals surface area contributed by atoms with Crippen LogP contribution in [0.5, 0.6) is 0 Å². The topological polar surface area (TPSA) is 67.2 Å². The van der Waals surface area contributed by atoms with Gasteiger partial charge in [-0.2, -0.15) is 5.10 Å². The van der Waals surface area contributed by atoms with Crippen molar-refractivity contribution in [3.05, 3.63) is 77.2 Å². The molecule has 0 aliphatic rings. The summed E-state index contributed by atoms with van der Waals surface area (Å²) in [6.45, 7) is 10.2. The van der Waals surface area contributed by atoms with Crippen LogP contribution in [0, 0.1) is 12.7 Å². The van der Waals surface area contributed by atoms with Gasteiger partial charge >= 0.3 is 0 Å². The lowest BCUT2D eigenvalue weighted by Crippen LogP contribution is -2.38. The van der Waals surface area contributed by atoms with E-state index in [1.54, 1.807) is 35.0 Å². The minimum absolute atomic E-state index is 0.0946. The number of likely N-dealkylation sites (N-methyl/N-ethyl adjacent to an activating group) is 1. The Morgan fingerprint density at radius 2 is 1.69 bits per heavy atom. The zero-order valence-corrected chi connectivity index (χ0v) is 19.1. The summed E-state index contributed by atoms with van der Waals surface area (Å²) in [6, 6.07) is 15.0. The Balaban J connectivity index is 1.82. The van der Waals surface area contributed by atoms with Gasteiger partial charge in [0, 0.05) is 23.6 Å². The maximum Gasteiger partial charge on any atom is 0.254 e. The molecule has 0 aliphatic heterocycles. The predicted molar refractivity (Wildman–Crippen MR) is 124 cm³/mol. The molecular weight excluding hydrogens is 407 g/mol. The Kier molecular flexibility index (Phi) is 6.77. The molecule has 0 atom stereocenters. The molecule has 0 aliphatic carbocycles. The fourth-order valence-corrected chi connectivity index (χ4v) is 3.18. The summed E-state index contributed by atoms with van der Waals surface area (Å²) in [5.41, 5.74) is 2.75. The average Bonchev–Trinajstić information content (AvgIpc) is 3.17. The van der Waals surface area contributed by atoms with Crippen molar-refractivity contribution in [3.63, 3.8) is 0 Å². The maximum absolute atomic E-state index is 13.4. The molecule has 0 radical (unpaired) electrons. The molecule has 1 N–H and O–H groups in total. The van der Waals surface area contributed by atoms with Gasteiger partial charge in [0.05, 0.1) is 11.4 Å². The third-order valence-corrected chi connectivity index (χ3v) is 5.12. The summed E-state index contributed by atoms with van der Waals surface area (Å²) in [7, 11) is 0. The molecule has 0 spiro atoms. The van der Waals surface area contributed by atoms with E-state index in [0.29, 0.717) is 23.6 Å². The van der Waals surface area contributed by atoms with Gasteiger partial charge in [-0.05, 0) is 50.2 Å². The van der Waals surface area contributed by atoms with E-state index in [1.165, 1.54) is 17.0 Å². The van der Waals surface area contributed by atoms with Crippen LogP contribution in [0.1, 0.15) is 49.3 Å².